The van der Waals surface area contributed by atoms with E-state index in [2.05, 4.69) is 26.6 Å². The molecule has 1 aromatic heterocycles. The molecule has 13 heteroatoms. The zero-order valence-corrected chi connectivity index (χ0v) is 14.5. The topological polar surface area (TPSA) is 227 Å². The maximum Gasteiger partial charge on any atom is 0.328 e. The zero-order valence-electron chi connectivity index (χ0n) is 14.5. The molecule has 13 nitrogen and oxygen atoms in total. The Labute approximate surface area is 148 Å². The minimum absolute atomic E-state index is 0.0135. The molecule has 0 saturated carbocycles. The molecule has 0 fully saturated rings. The van der Waals surface area contributed by atoms with Crippen molar-refractivity contribution in [3.8, 4) is 0 Å². The smallest absolute Gasteiger partial charge is 0.328 e. The Morgan fingerprint density at radius 3 is 2.15 bits per heavy atom. The largest absolute Gasteiger partial charge is 0.480 e. The lowest BCUT2D eigenvalue weighted by molar-refractivity contribution is -0.141. The number of carbonyl (C=O) groups excluding carboxylic acids is 2. The third-order valence-corrected chi connectivity index (χ3v) is 2.72. The van der Waals surface area contributed by atoms with Gasteiger partial charge in [0.25, 0.3) is 0 Å². The molecule has 148 valence electrons. The molecular formula is C13H24N6O7. The summed E-state index contributed by atoms with van der Waals surface area (Å²) in [5.74, 6) is -1.65. The second-order valence-corrected chi connectivity index (χ2v) is 5.29. The van der Waals surface area contributed by atoms with E-state index in [1.54, 1.807) is 0 Å². The molecule has 0 radical (unpaired) electrons. The molecule has 4 unspecified atom stereocenters. The maximum atomic E-state index is 11.5. The summed E-state index contributed by atoms with van der Waals surface area (Å²) in [7, 11) is 0. The number of carboxylic acid groups (broad SMARTS) is 1. The number of aliphatic hydroxyl groups is 2. The quantitative estimate of drug-likeness (QED) is 0.266. The average Bonchev–Trinajstić information content (AvgIpc) is 2.97. The molecule has 3 amide bonds. The van der Waals surface area contributed by atoms with E-state index in [-0.39, 0.29) is 24.2 Å². The number of primary amides is 1. The second kappa shape index (κ2) is 11.0. The zero-order chi connectivity index (χ0) is 20.4. The van der Waals surface area contributed by atoms with Crippen LogP contribution in [0.15, 0.2) is 4.42 Å². The van der Waals surface area contributed by atoms with Gasteiger partial charge < -0.3 is 41.8 Å². The molecule has 4 atom stereocenters. The van der Waals surface area contributed by atoms with Gasteiger partial charge in [0.05, 0.1) is 18.8 Å². The van der Waals surface area contributed by atoms with Gasteiger partial charge in [-0.25, -0.2) is 9.59 Å². The molecule has 0 saturated heterocycles. The number of urea groups is 1. The van der Waals surface area contributed by atoms with E-state index in [9.17, 15) is 24.6 Å². The highest BCUT2D eigenvalue weighted by Crippen LogP contribution is 2.12. The van der Waals surface area contributed by atoms with Crippen LogP contribution in [0, 0.1) is 0 Å². The number of nitrogens with one attached hydrogen (secondary N) is 2. The first-order chi connectivity index (χ1) is 12.0. The summed E-state index contributed by atoms with van der Waals surface area (Å²) in [5.41, 5.74) is 10.1. The number of amides is 3. The van der Waals surface area contributed by atoms with Gasteiger partial charge in [-0.1, -0.05) is 0 Å². The highest BCUT2D eigenvalue weighted by Gasteiger charge is 2.25. The molecular weight excluding hydrogens is 352 g/mol. The summed E-state index contributed by atoms with van der Waals surface area (Å²) >= 11 is 0. The Balaban J connectivity index is 0.00000141. The minimum atomic E-state index is -1.44. The van der Waals surface area contributed by atoms with Gasteiger partial charge >= 0.3 is 12.0 Å². The number of nitrogens with zero attached hydrogens (tertiary/aromatic N) is 2. The van der Waals surface area contributed by atoms with Crippen LogP contribution in [0.3, 0.4) is 0 Å². The molecule has 26 heavy (non-hydrogen) atoms. The number of aliphatic carboxylic acids is 1. The summed E-state index contributed by atoms with van der Waals surface area (Å²) in [5, 5.41) is 39.0. The normalized spacial score (nSPS) is 14.8. The van der Waals surface area contributed by atoms with Crippen molar-refractivity contribution < 1.29 is 34.1 Å². The number of aromatic nitrogens is 2. The molecule has 0 spiro atoms. The third-order valence-electron chi connectivity index (χ3n) is 2.72. The van der Waals surface area contributed by atoms with E-state index in [1.165, 1.54) is 20.8 Å². The Hall–Kier alpha value is -2.77. The number of carbonyl (C=O) groups is 3. The Morgan fingerprint density at radius 2 is 1.73 bits per heavy atom. The van der Waals surface area contributed by atoms with Crippen molar-refractivity contribution in [2.75, 3.05) is 0 Å². The molecule has 0 bridgehead atoms. The first-order valence-corrected chi connectivity index (χ1v) is 7.42. The predicted molar refractivity (Wildman–Crippen MR) is 86.3 cm³/mol. The maximum absolute atomic E-state index is 11.5. The third kappa shape index (κ3) is 8.91. The second-order valence-electron chi connectivity index (χ2n) is 5.29. The van der Waals surface area contributed by atoms with Crippen molar-refractivity contribution >= 4 is 17.9 Å². The standard InChI is InChI=1S/C11H19N5O6.C2H5NO/c1-4(17)7(12)9-16-15-6(22-9)3-13-11(21)14-8(5(2)18)10(19)20;1-2(3)4/h4-5,7-8,17-18H,3,12H2,1-2H3,(H,19,20)(H2,13,14,21);1H3,(H2,3,4). The van der Waals surface area contributed by atoms with E-state index in [4.69, 9.17) is 15.3 Å². The van der Waals surface area contributed by atoms with Crippen LogP contribution in [0.2, 0.25) is 0 Å². The first-order valence-electron chi connectivity index (χ1n) is 7.42. The predicted octanol–water partition coefficient (Wildman–Crippen LogP) is -2.42. The Kier molecular flexibility index (Phi) is 9.80. The van der Waals surface area contributed by atoms with Crippen LogP contribution >= 0.6 is 0 Å². The van der Waals surface area contributed by atoms with Crippen molar-refractivity contribution in [1.82, 2.24) is 20.8 Å². The molecule has 0 aliphatic heterocycles. The first kappa shape index (κ1) is 23.2. The summed E-state index contributed by atoms with van der Waals surface area (Å²) in [6.45, 7) is 3.83. The van der Waals surface area contributed by atoms with E-state index in [0.29, 0.717) is 0 Å². The van der Waals surface area contributed by atoms with Crippen LogP contribution in [-0.2, 0) is 16.1 Å². The van der Waals surface area contributed by atoms with Crippen LogP contribution in [0.4, 0.5) is 4.79 Å². The van der Waals surface area contributed by atoms with Crippen molar-refractivity contribution in [3.05, 3.63) is 11.8 Å². The number of nitrogens with two attached hydrogens (primary N) is 2. The van der Waals surface area contributed by atoms with E-state index < -0.39 is 36.3 Å². The Morgan fingerprint density at radius 1 is 1.19 bits per heavy atom. The fourth-order valence-corrected chi connectivity index (χ4v) is 1.42. The van der Waals surface area contributed by atoms with Crippen molar-refractivity contribution in [2.45, 2.75) is 51.6 Å². The van der Waals surface area contributed by atoms with Gasteiger partial charge in [-0.05, 0) is 13.8 Å². The fourth-order valence-electron chi connectivity index (χ4n) is 1.42. The number of carboxylic acids is 1. The summed E-state index contributed by atoms with van der Waals surface area (Å²) in [6, 6.07) is -3.11. The van der Waals surface area contributed by atoms with Crippen molar-refractivity contribution in [1.29, 1.82) is 0 Å². The highest BCUT2D eigenvalue weighted by atomic mass is 16.4. The average molecular weight is 376 g/mol. The number of aliphatic hydroxyl groups excluding tert-OH is 2. The van der Waals surface area contributed by atoms with Crippen LogP contribution in [0.25, 0.3) is 0 Å². The lowest BCUT2D eigenvalue weighted by Crippen LogP contribution is -2.51. The minimum Gasteiger partial charge on any atom is -0.480 e. The van der Waals surface area contributed by atoms with Crippen molar-refractivity contribution in [2.24, 2.45) is 11.5 Å². The van der Waals surface area contributed by atoms with Crippen molar-refractivity contribution in [3.63, 3.8) is 0 Å². The molecule has 0 aromatic carbocycles. The number of hydrogen-bond acceptors (Lipinski definition) is 9. The van der Waals surface area contributed by atoms with Crippen LogP contribution in [0.5, 0.6) is 0 Å². The SMILES string of the molecule is CC(N)=O.CC(O)C(NC(=O)NCc1nnc(C(N)C(C)O)o1)C(=O)O. The molecule has 0 aliphatic rings. The molecule has 0 aliphatic carbocycles. The van der Waals surface area contributed by atoms with E-state index in [0.717, 1.165) is 0 Å². The summed E-state index contributed by atoms with van der Waals surface area (Å²) in [4.78, 5) is 31.6. The molecule has 9 N–H and O–H groups in total. The van der Waals surface area contributed by atoms with E-state index >= 15 is 0 Å². The van der Waals surface area contributed by atoms with Gasteiger partial charge in [0, 0.05) is 6.92 Å². The highest BCUT2D eigenvalue weighted by molar-refractivity contribution is 5.82. The lowest BCUT2D eigenvalue weighted by atomic mass is 10.2. The van der Waals surface area contributed by atoms with Gasteiger partial charge in [-0.3, -0.25) is 4.79 Å². The van der Waals surface area contributed by atoms with Crippen LogP contribution in [0.1, 0.15) is 38.6 Å². The number of rotatable bonds is 7. The molecule has 1 heterocycles. The lowest BCUT2D eigenvalue weighted by Gasteiger charge is -2.16. The number of hydrogen-bond donors (Lipinski definition) is 7. The van der Waals surface area contributed by atoms with Gasteiger partial charge in [-0.15, -0.1) is 10.2 Å². The fraction of sp³-hybridized carbons (Fsp3) is 0.615. The molecule has 1 aromatic rings. The Bertz CT molecular complexity index is 600. The van der Waals surface area contributed by atoms with Gasteiger partial charge in [0.2, 0.25) is 17.7 Å². The molecule has 1 rings (SSSR count). The summed E-state index contributed by atoms with van der Waals surface area (Å²) in [6.07, 6.45) is -2.14. The van der Waals surface area contributed by atoms with Crippen LogP contribution in [-0.4, -0.2) is 61.7 Å². The van der Waals surface area contributed by atoms with Crippen LogP contribution < -0.4 is 22.1 Å². The van der Waals surface area contributed by atoms with Gasteiger partial charge in [0.15, 0.2) is 6.04 Å². The summed E-state index contributed by atoms with van der Waals surface area (Å²) < 4.78 is 5.14. The van der Waals surface area contributed by atoms with Gasteiger partial charge in [-0.2, -0.15) is 0 Å². The van der Waals surface area contributed by atoms with E-state index in [1.807, 2.05) is 0 Å². The van der Waals surface area contributed by atoms with Gasteiger partial charge in [0.1, 0.15) is 6.04 Å². The monoisotopic (exact) mass is 376 g/mol.